The molecule has 0 aliphatic carbocycles. The normalized spacial score (nSPS) is 17.4. The number of nitro groups is 1. The monoisotopic (exact) mass is 350 g/mol. The second-order valence-corrected chi connectivity index (χ2v) is 5.56. The molecule has 1 fully saturated rings. The Morgan fingerprint density at radius 2 is 2.04 bits per heavy atom. The molecule has 0 bridgehead atoms. The summed E-state index contributed by atoms with van der Waals surface area (Å²) in [6, 6.07) is 8.35. The Balaban J connectivity index is 1.96. The topological polar surface area (TPSA) is 64.8 Å². The lowest BCUT2D eigenvalue weighted by molar-refractivity contribution is -0.384. The largest absolute Gasteiger partial charge is 0.494 e. The van der Waals surface area contributed by atoms with E-state index in [-0.39, 0.29) is 30.3 Å². The number of ether oxygens (including phenoxy) is 2. The summed E-state index contributed by atoms with van der Waals surface area (Å²) >= 11 is 0. The van der Waals surface area contributed by atoms with Crippen LogP contribution in [0.1, 0.15) is 11.7 Å². The van der Waals surface area contributed by atoms with Crippen LogP contribution in [0.25, 0.3) is 0 Å². The minimum Gasteiger partial charge on any atom is -0.494 e. The highest BCUT2D eigenvalue weighted by molar-refractivity contribution is 5.66. The molecule has 1 unspecified atom stereocenters. The zero-order valence-corrected chi connectivity index (χ0v) is 13.4. The highest BCUT2D eigenvalue weighted by Crippen LogP contribution is 2.37. The number of hydrogen-bond donors (Lipinski definition) is 0. The van der Waals surface area contributed by atoms with Crippen molar-refractivity contribution in [1.82, 2.24) is 0 Å². The van der Waals surface area contributed by atoms with Gasteiger partial charge in [0.25, 0.3) is 5.69 Å². The van der Waals surface area contributed by atoms with E-state index >= 15 is 0 Å². The molecule has 0 saturated carbocycles. The maximum absolute atomic E-state index is 14.0. The van der Waals surface area contributed by atoms with Gasteiger partial charge in [-0.05, 0) is 6.07 Å². The van der Waals surface area contributed by atoms with E-state index in [4.69, 9.17) is 9.47 Å². The third-order valence-corrected chi connectivity index (χ3v) is 4.10. The van der Waals surface area contributed by atoms with Gasteiger partial charge in [-0.2, -0.15) is 0 Å². The highest BCUT2D eigenvalue weighted by Gasteiger charge is 2.29. The fourth-order valence-corrected chi connectivity index (χ4v) is 2.88. The Labute approximate surface area is 142 Å². The van der Waals surface area contributed by atoms with E-state index in [1.165, 1.54) is 19.2 Å². The number of rotatable bonds is 4. The first kappa shape index (κ1) is 17.1. The summed E-state index contributed by atoms with van der Waals surface area (Å²) in [5.74, 6) is -1.30. The van der Waals surface area contributed by atoms with Crippen LogP contribution in [-0.2, 0) is 4.74 Å². The zero-order valence-electron chi connectivity index (χ0n) is 13.4. The van der Waals surface area contributed by atoms with Crippen LogP contribution in [0.5, 0.6) is 5.75 Å². The smallest absolute Gasteiger partial charge is 0.295 e. The minimum atomic E-state index is -0.808. The molecule has 0 N–H and O–H groups in total. The number of methoxy groups -OCH3 is 1. The number of hydrogen-bond acceptors (Lipinski definition) is 5. The van der Waals surface area contributed by atoms with Crippen LogP contribution < -0.4 is 9.64 Å². The third kappa shape index (κ3) is 3.39. The molecule has 25 heavy (non-hydrogen) atoms. The average molecular weight is 350 g/mol. The van der Waals surface area contributed by atoms with Crippen molar-refractivity contribution in [2.24, 2.45) is 0 Å². The molecule has 2 aromatic carbocycles. The molecule has 3 rings (SSSR count). The van der Waals surface area contributed by atoms with Crippen molar-refractivity contribution in [1.29, 1.82) is 0 Å². The van der Waals surface area contributed by atoms with Crippen molar-refractivity contribution in [3.05, 3.63) is 63.7 Å². The fourth-order valence-electron chi connectivity index (χ4n) is 2.88. The van der Waals surface area contributed by atoms with Crippen LogP contribution >= 0.6 is 0 Å². The van der Waals surface area contributed by atoms with Crippen molar-refractivity contribution in [3.63, 3.8) is 0 Å². The van der Waals surface area contributed by atoms with Gasteiger partial charge in [-0.25, -0.2) is 8.78 Å². The molecule has 6 nitrogen and oxygen atoms in total. The molecule has 0 radical (unpaired) electrons. The number of nitro benzene ring substituents is 1. The van der Waals surface area contributed by atoms with Gasteiger partial charge in [0.2, 0.25) is 0 Å². The summed E-state index contributed by atoms with van der Waals surface area (Å²) in [4.78, 5) is 12.3. The summed E-state index contributed by atoms with van der Waals surface area (Å²) in [6.07, 6.45) is -0.578. The first-order chi connectivity index (χ1) is 12.0. The summed E-state index contributed by atoms with van der Waals surface area (Å²) < 4.78 is 38.4. The first-order valence-corrected chi connectivity index (χ1v) is 7.64. The Morgan fingerprint density at radius 1 is 1.28 bits per heavy atom. The summed E-state index contributed by atoms with van der Waals surface area (Å²) in [5.41, 5.74) is 0.226. The van der Waals surface area contributed by atoms with Crippen molar-refractivity contribution in [3.8, 4) is 5.75 Å². The number of morpholine rings is 1. The molecular weight excluding hydrogens is 334 g/mol. The molecule has 2 aromatic rings. The van der Waals surface area contributed by atoms with Gasteiger partial charge in [0.1, 0.15) is 17.6 Å². The first-order valence-electron chi connectivity index (χ1n) is 7.64. The van der Waals surface area contributed by atoms with Crippen molar-refractivity contribution in [2.75, 3.05) is 31.7 Å². The summed E-state index contributed by atoms with van der Waals surface area (Å²) in [5, 5.41) is 11.3. The van der Waals surface area contributed by atoms with E-state index in [0.29, 0.717) is 12.1 Å². The minimum absolute atomic E-state index is 0.0884. The van der Waals surface area contributed by atoms with Gasteiger partial charge in [0, 0.05) is 24.7 Å². The molecular formula is C17H16F2N2O4. The third-order valence-electron chi connectivity index (χ3n) is 4.10. The number of benzene rings is 2. The lowest BCUT2D eigenvalue weighted by Gasteiger charge is -2.34. The van der Waals surface area contributed by atoms with E-state index in [2.05, 4.69) is 0 Å². The predicted octanol–water partition coefficient (Wildman–Crippen LogP) is 3.46. The summed E-state index contributed by atoms with van der Waals surface area (Å²) in [7, 11) is 1.29. The number of halogens is 2. The van der Waals surface area contributed by atoms with Crippen LogP contribution in [0.3, 0.4) is 0 Å². The zero-order chi connectivity index (χ0) is 18.0. The van der Waals surface area contributed by atoms with Gasteiger partial charge in [-0.3, -0.25) is 10.1 Å². The number of anilines is 1. The average Bonchev–Trinajstić information content (AvgIpc) is 2.62. The Hall–Kier alpha value is -2.74. The molecule has 0 aromatic heterocycles. The van der Waals surface area contributed by atoms with Crippen molar-refractivity contribution < 1.29 is 23.2 Å². The van der Waals surface area contributed by atoms with Crippen LogP contribution in [0.2, 0.25) is 0 Å². The molecule has 1 saturated heterocycles. The standard InChI is InChI=1S/C17H16F2N2O4/c1-24-16-9-14(15(21(22)23)8-13(16)19)20-6-7-25-17(10-20)11-4-2-3-5-12(11)18/h2-5,8-9,17H,6-7,10H2,1H3. The predicted molar refractivity (Wildman–Crippen MR) is 86.9 cm³/mol. The highest BCUT2D eigenvalue weighted by atomic mass is 19.1. The second-order valence-electron chi connectivity index (χ2n) is 5.56. The number of nitrogens with zero attached hydrogens (tertiary/aromatic N) is 2. The van der Waals surface area contributed by atoms with Crippen molar-refractivity contribution >= 4 is 11.4 Å². The Kier molecular flexibility index (Phi) is 4.80. The van der Waals surface area contributed by atoms with E-state index in [1.807, 2.05) is 0 Å². The molecule has 0 amide bonds. The van der Waals surface area contributed by atoms with Gasteiger partial charge >= 0.3 is 0 Å². The van der Waals surface area contributed by atoms with E-state index in [1.54, 1.807) is 23.1 Å². The van der Waals surface area contributed by atoms with E-state index in [9.17, 15) is 18.9 Å². The van der Waals surface area contributed by atoms with Crippen LogP contribution in [0.4, 0.5) is 20.2 Å². The van der Waals surface area contributed by atoms with Gasteiger partial charge in [0.05, 0.1) is 24.7 Å². The molecule has 1 aliphatic heterocycles. The van der Waals surface area contributed by atoms with Gasteiger partial charge in [0.15, 0.2) is 11.6 Å². The molecule has 1 heterocycles. The van der Waals surface area contributed by atoms with Gasteiger partial charge < -0.3 is 14.4 Å². The molecule has 1 aliphatic rings. The van der Waals surface area contributed by atoms with Crippen molar-refractivity contribution in [2.45, 2.75) is 6.10 Å². The molecule has 8 heteroatoms. The quantitative estimate of drug-likeness (QED) is 0.624. The van der Waals surface area contributed by atoms with Gasteiger partial charge in [-0.1, -0.05) is 18.2 Å². The van der Waals surface area contributed by atoms with E-state index < -0.39 is 22.7 Å². The second kappa shape index (κ2) is 7.02. The molecule has 132 valence electrons. The van der Waals surface area contributed by atoms with Gasteiger partial charge in [-0.15, -0.1) is 0 Å². The maximum Gasteiger partial charge on any atom is 0.295 e. The molecule has 1 atom stereocenters. The summed E-state index contributed by atoms with van der Waals surface area (Å²) in [6.45, 7) is 0.826. The van der Waals surface area contributed by atoms with Crippen LogP contribution in [0.15, 0.2) is 36.4 Å². The molecule has 0 spiro atoms. The van der Waals surface area contributed by atoms with Crippen LogP contribution in [-0.4, -0.2) is 31.7 Å². The maximum atomic E-state index is 14.0. The SMILES string of the molecule is COc1cc(N2CCOC(c3ccccc3F)C2)c([N+](=O)[O-])cc1F. The lowest BCUT2D eigenvalue weighted by atomic mass is 10.1. The Bertz CT molecular complexity index is 800. The fraction of sp³-hybridized carbons (Fsp3) is 0.294. The van der Waals surface area contributed by atoms with Crippen LogP contribution in [0, 0.1) is 21.7 Å². The van der Waals surface area contributed by atoms with E-state index in [0.717, 1.165) is 6.07 Å². The lowest BCUT2D eigenvalue weighted by Crippen LogP contribution is -2.39. The Morgan fingerprint density at radius 3 is 2.72 bits per heavy atom.